The van der Waals surface area contributed by atoms with Crippen LogP contribution >= 0.6 is 15.9 Å². The maximum atomic E-state index is 5.92. The van der Waals surface area contributed by atoms with Gasteiger partial charge in [0, 0.05) is 23.8 Å². The van der Waals surface area contributed by atoms with Gasteiger partial charge in [0.05, 0.1) is 23.9 Å². The van der Waals surface area contributed by atoms with Crippen molar-refractivity contribution in [2.24, 2.45) is 0 Å². The van der Waals surface area contributed by atoms with E-state index in [0.717, 1.165) is 71.7 Å². The average Bonchev–Trinajstić information content (AvgIpc) is 3.18. The highest BCUT2D eigenvalue weighted by Crippen LogP contribution is 2.36. The molecule has 6 nitrogen and oxygen atoms in total. The fraction of sp³-hybridized carbons (Fsp3) is 0.444. The Bertz CT molecular complexity index is 927. The Morgan fingerprint density at radius 1 is 1.16 bits per heavy atom. The maximum absolute atomic E-state index is 5.92. The highest BCUT2D eigenvalue weighted by atomic mass is 79.9. The summed E-state index contributed by atoms with van der Waals surface area (Å²) in [5, 5.41) is 4.54. The molecule has 3 aromatic rings. The first-order valence-electron chi connectivity index (χ1n) is 8.78. The summed E-state index contributed by atoms with van der Waals surface area (Å²) < 4.78 is 16.9. The van der Waals surface area contributed by atoms with Crippen LogP contribution in [0.5, 0.6) is 5.75 Å². The SMILES string of the molecule is Brc1cc2c3c(c1)nc(-c1cnn(C4CCCCO4)c1)n3CCCO2. The molecule has 0 aliphatic carbocycles. The normalized spacial score (nSPS) is 20.4. The summed E-state index contributed by atoms with van der Waals surface area (Å²) in [6, 6.07) is 4.07. The zero-order chi connectivity index (χ0) is 16.8. The Morgan fingerprint density at radius 3 is 3.00 bits per heavy atom. The minimum Gasteiger partial charge on any atom is -0.491 e. The van der Waals surface area contributed by atoms with Crippen LogP contribution in [0.3, 0.4) is 0 Å². The number of halogens is 1. The topological polar surface area (TPSA) is 54.1 Å². The molecule has 25 heavy (non-hydrogen) atoms. The molecule has 0 saturated carbocycles. The van der Waals surface area contributed by atoms with Gasteiger partial charge in [-0.05, 0) is 37.8 Å². The third-order valence-electron chi connectivity index (χ3n) is 4.87. The molecule has 5 rings (SSSR count). The Labute approximate surface area is 153 Å². The van der Waals surface area contributed by atoms with Crippen molar-refractivity contribution in [1.29, 1.82) is 0 Å². The van der Waals surface area contributed by atoms with Crippen LogP contribution in [-0.4, -0.2) is 32.5 Å². The molecule has 1 aromatic carbocycles. The van der Waals surface area contributed by atoms with Crippen molar-refractivity contribution in [1.82, 2.24) is 19.3 Å². The monoisotopic (exact) mass is 402 g/mol. The number of aromatic nitrogens is 4. The van der Waals surface area contributed by atoms with Gasteiger partial charge in [0.1, 0.15) is 23.3 Å². The molecule has 7 heteroatoms. The maximum Gasteiger partial charge on any atom is 0.150 e. The highest BCUT2D eigenvalue weighted by Gasteiger charge is 2.22. The molecular weight excluding hydrogens is 384 g/mol. The minimum absolute atomic E-state index is 0.0454. The van der Waals surface area contributed by atoms with E-state index in [4.69, 9.17) is 14.5 Å². The quantitative estimate of drug-likeness (QED) is 0.645. The number of nitrogens with zero attached hydrogens (tertiary/aromatic N) is 4. The third kappa shape index (κ3) is 2.66. The largest absolute Gasteiger partial charge is 0.491 e. The summed E-state index contributed by atoms with van der Waals surface area (Å²) in [5.74, 6) is 1.84. The number of benzene rings is 1. The molecule has 1 unspecified atom stereocenters. The smallest absolute Gasteiger partial charge is 0.150 e. The summed E-state index contributed by atoms with van der Waals surface area (Å²) in [4.78, 5) is 4.87. The predicted octanol–water partition coefficient (Wildman–Crippen LogP) is 4.14. The van der Waals surface area contributed by atoms with Crippen molar-refractivity contribution < 1.29 is 9.47 Å². The van der Waals surface area contributed by atoms with Crippen molar-refractivity contribution in [3.8, 4) is 17.1 Å². The van der Waals surface area contributed by atoms with E-state index < -0.39 is 0 Å². The number of rotatable bonds is 2. The van der Waals surface area contributed by atoms with Gasteiger partial charge in [0.2, 0.25) is 0 Å². The van der Waals surface area contributed by atoms with Crippen LogP contribution in [0, 0.1) is 0 Å². The van der Waals surface area contributed by atoms with E-state index in [0.29, 0.717) is 0 Å². The van der Waals surface area contributed by atoms with E-state index in [1.165, 1.54) is 6.42 Å². The van der Waals surface area contributed by atoms with Crippen molar-refractivity contribution in [3.05, 3.63) is 29.0 Å². The Hall–Kier alpha value is -1.86. The number of imidazole rings is 1. The van der Waals surface area contributed by atoms with E-state index in [9.17, 15) is 0 Å². The van der Waals surface area contributed by atoms with Gasteiger partial charge in [-0.3, -0.25) is 0 Å². The van der Waals surface area contributed by atoms with Gasteiger partial charge < -0.3 is 14.0 Å². The second-order valence-corrected chi connectivity index (χ2v) is 7.51. The first-order valence-corrected chi connectivity index (χ1v) is 9.57. The van der Waals surface area contributed by atoms with Crippen LogP contribution in [0.15, 0.2) is 29.0 Å². The molecule has 1 fully saturated rings. The van der Waals surface area contributed by atoms with Crippen LogP contribution in [0.2, 0.25) is 0 Å². The van der Waals surface area contributed by atoms with Crippen molar-refractivity contribution in [2.45, 2.75) is 38.5 Å². The Balaban J connectivity index is 1.61. The molecule has 1 saturated heterocycles. The Kier molecular flexibility index (Phi) is 3.78. The zero-order valence-electron chi connectivity index (χ0n) is 13.8. The van der Waals surface area contributed by atoms with Gasteiger partial charge in [-0.2, -0.15) is 5.10 Å². The van der Waals surface area contributed by atoms with Gasteiger partial charge in [-0.1, -0.05) is 15.9 Å². The second-order valence-electron chi connectivity index (χ2n) is 6.59. The number of aryl methyl sites for hydroxylation is 1. The lowest BCUT2D eigenvalue weighted by molar-refractivity contribution is -0.0394. The molecule has 4 heterocycles. The van der Waals surface area contributed by atoms with Crippen LogP contribution in [0.25, 0.3) is 22.4 Å². The lowest BCUT2D eigenvalue weighted by atomic mass is 10.2. The summed E-state index contributed by atoms with van der Waals surface area (Å²) in [6.45, 7) is 2.43. The van der Waals surface area contributed by atoms with Crippen molar-refractivity contribution in [3.63, 3.8) is 0 Å². The van der Waals surface area contributed by atoms with Gasteiger partial charge in [-0.15, -0.1) is 0 Å². The number of ether oxygens (including phenoxy) is 2. The second kappa shape index (κ2) is 6.14. The third-order valence-corrected chi connectivity index (χ3v) is 5.32. The predicted molar refractivity (Wildman–Crippen MR) is 97.6 cm³/mol. The van der Waals surface area contributed by atoms with Crippen molar-refractivity contribution >= 4 is 27.0 Å². The van der Waals surface area contributed by atoms with Crippen molar-refractivity contribution in [2.75, 3.05) is 13.2 Å². The molecule has 130 valence electrons. The lowest BCUT2D eigenvalue weighted by Crippen LogP contribution is -2.18. The zero-order valence-corrected chi connectivity index (χ0v) is 15.4. The average molecular weight is 403 g/mol. The summed E-state index contributed by atoms with van der Waals surface area (Å²) in [5.41, 5.74) is 3.04. The van der Waals surface area contributed by atoms with E-state index >= 15 is 0 Å². The van der Waals surface area contributed by atoms with Gasteiger partial charge in [0.15, 0.2) is 0 Å². The fourth-order valence-corrected chi connectivity index (χ4v) is 4.12. The molecule has 1 atom stereocenters. The van der Waals surface area contributed by atoms with Crippen LogP contribution in [-0.2, 0) is 11.3 Å². The molecule has 0 radical (unpaired) electrons. The highest BCUT2D eigenvalue weighted by molar-refractivity contribution is 9.10. The molecule has 0 bridgehead atoms. The summed E-state index contributed by atoms with van der Waals surface area (Å²) >= 11 is 3.56. The standard InChI is InChI=1S/C18H19BrN4O2/c19-13-8-14-17-15(9-13)24-7-3-5-22(17)18(21-14)12-10-20-23(11-12)16-4-1-2-6-25-16/h8-11,16H,1-7H2. The number of hydrogen-bond donors (Lipinski definition) is 0. The first kappa shape index (κ1) is 15.4. The fourth-order valence-electron chi connectivity index (χ4n) is 3.69. The molecule has 2 aliphatic rings. The molecule has 2 aliphatic heterocycles. The van der Waals surface area contributed by atoms with E-state index in [2.05, 4.69) is 31.8 Å². The number of hydrogen-bond acceptors (Lipinski definition) is 4. The molecule has 0 N–H and O–H groups in total. The van der Waals surface area contributed by atoms with Gasteiger partial charge in [-0.25, -0.2) is 9.67 Å². The summed E-state index contributed by atoms with van der Waals surface area (Å²) in [7, 11) is 0. The molecule has 0 spiro atoms. The van der Waals surface area contributed by atoms with Crippen LogP contribution < -0.4 is 4.74 Å². The van der Waals surface area contributed by atoms with Gasteiger partial charge >= 0.3 is 0 Å². The van der Waals surface area contributed by atoms with E-state index in [-0.39, 0.29) is 6.23 Å². The molecule has 2 aromatic heterocycles. The Morgan fingerprint density at radius 2 is 2.12 bits per heavy atom. The van der Waals surface area contributed by atoms with E-state index in [1.54, 1.807) is 0 Å². The molecular formula is C18H19BrN4O2. The van der Waals surface area contributed by atoms with Gasteiger partial charge in [0.25, 0.3) is 0 Å². The minimum atomic E-state index is 0.0454. The van der Waals surface area contributed by atoms with E-state index in [1.807, 2.05) is 23.0 Å². The van der Waals surface area contributed by atoms with Crippen LogP contribution in [0.4, 0.5) is 0 Å². The van der Waals surface area contributed by atoms with Crippen LogP contribution in [0.1, 0.15) is 31.9 Å². The summed E-state index contributed by atoms with van der Waals surface area (Å²) in [6.07, 6.45) is 8.30. The molecule has 0 amide bonds. The lowest BCUT2D eigenvalue weighted by Gasteiger charge is -2.22. The first-order chi connectivity index (χ1) is 12.3.